The predicted molar refractivity (Wildman–Crippen MR) is 90.1 cm³/mol. The van der Waals surface area contributed by atoms with Gasteiger partial charge in [0, 0.05) is 12.7 Å². The molecular weight excluding hydrogens is 288 g/mol. The molecule has 0 saturated carbocycles. The molecule has 4 rings (SSSR count). The van der Waals surface area contributed by atoms with Gasteiger partial charge in [0.05, 0.1) is 6.17 Å². The molecule has 3 aromatic rings. The first-order valence-electron chi connectivity index (χ1n) is 8.41. The molecule has 0 aromatic carbocycles. The van der Waals surface area contributed by atoms with Crippen molar-refractivity contribution in [3.63, 3.8) is 0 Å². The molecule has 120 valence electrons. The van der Waals surface area contributed by atoms with Gasteiger partial charge in [0.25, 0.3) is 0 Å². The highest BCUT2D eigenvalue weighted by molar-refractivity contribution is 5.76. The van der Waals surface area contributed by atoms with Crippen molar-refractivity contribution in [1.29, 1.82) is 0 Å². The van der Waals surface area contributed by atoms with Crippen LogP contribution in [0.4, 0.5) is 0 Å². The molecule has 3 aromatic heterocycles. The molecule has 1 atom stereocenters. The smallest absolute Gasteiger partial charge is 0.179 e. The first kappa shape index (κ1) is 14.5. The number of hydrogen-bond acceptors (Lipinski definition) is 4. The summed E-state index contributed by atoms with van der Waals surface area (Å²) in [7, 11) is 0. The molecule has 5 heteroatoms. The number of aromatic nitrogens is 3. The maximum atomic E-state index is 5.87. The molecule has 1 aliphatic heterocycles. The standard InChI is InChI=1S/C18H22N4O/c1-3-21-12-5-4-8-16(21)22-17-14(7-6-11-19-17)20-18(22)15-10-9-13(2)23-15/h6-7,9-11,16H,3-5,8,12H2,1-2H3. The average Bonchev–Trinajstić information content (AvgIpc) is 3.18. The summed E-state index contributed by atoms with van der Waals surface area (Å²) in [5.74, 6) is 2.61. The van der Waals surface area contributed by atoms with E-state index in [2.05, 4.69) is 21.4 Å². The maximum Gasteiger partial charge on any atom is 0.179 e. The molecule has 1 aliphatic rings. The molecule has 23 heavy (non-hydrogen) atoms. The fourth-order valence-corrected chi connectivity index (χ4v) is 3.58. The molecule has 5 nitrogen and oxygen atoms in total. The van der Waals surface area contributed by atoms with Crippen LogP contribution in [-0.4, -0.2) is 32.5 Å². The van der Waals surface area contributed by atoms with Crippen molar-refractivity contribution in [2.24, 2.45) is 0 Å². The van der Waals surface area contributed by atoms with Crippen molar-refractivity contribution in [3.8, 4) is 11.6 Å². The second-order valence-corrected chi connectivity index (χ2v) is 6.17. The summed E-state index contributed by atoms with van der Waals surface area (Å²) in [5, 5.41) is 0. The lowest BCUT2D eigenvalue weighted by atomic mass is 10.1. The number of hydrogen-bond donors (Lipinski definition) is 0. The van der Waals surface area contributed by atoms with Gasteiger partial charge in [-0.05, 0) is 57.0 Å². The molecule has 0 N–H and O–H groups in total. The zero-order valence-corrected chi connectivity index (χ0v) is 13.7. The van der Waals surface area contributed by atoms with Gasteiger partial charge in [0.2, 0.25) is 0 Å². The minimum absolute atomic E-state index is 0.300. The van der Waals surface area contributed by atoms with Crippen molar-refractivity contribution in [1.82, 2.24) is 19.4 Å². The van der Waals surface area contributed by atoms with Crippen molar-refractivity contribution in [2.75, 3.05) is 13.1 Å². The lowest BCUT2D eigenvalue weighted by molar-refractivity contribution is 0.106. The van der Waals surface area contributed by atoms with E-state index in [1.807, 2.05) is 37.4 Å². The lowest BCUT2D eigenvalue weighted by Gasteiger charge is -2.36. The first-order valence-corrected chi connectivity index (χ1v) is 8.41. The average molecular weight is 310 g/mol. The number of rotatable bonds is 3. The summed E-state index contributed by atoms with van der Waals surface area (Å²) in [6.45, 7) is 6.35. The Hall–Kier alpha value is -2.14. The van der Waals surface area contributed by atoms with E-state index in [4.69, 9.17) is 9.40 Å². The van der Waals surface area contributed by atoms with E-state index < -0.39 is 0 Å². The van der Waals surface area contributed by atoms with Crippen LogP contribution in [0, 0.1) is 6.92 Å². The third kappa shape index (κ3) is 2.45. The van der Waals surface area contributed by atoms with Crippen LogP contribution in [0.2, 0.25) is 0 Å². The summed E-state index contributed by atoms with van der Waals surface area (Å²) in [6, 6.07) is 7.96. The Labute approximate surface area is 135 Å². The van der Waals surface area contributed by atoms with E-state index >= 15 is 0 Å². The molecule has 0 bridgehead atoms. The monoisotopic (exact) mass is 310 g/mol. The molecule has 0 amide bonds. The van der Waals surface area contributed by atoms with Crippen LogP contribution in [0.5, 0.6) is 0 Å². The van der Waals surface area contributed by atoms with Crippen molar-refractivity contribution in [2.45, 2.75) is 39.3 Å². The number of nitrogens with zero attached hydrogens (tertiary/aromatic N) is 4. The number of piperidine rings is 1. The molecule has 0 spiro atoms. The second-order valence-electron chi connectivity index (χ2n) is 6.17. The van der Waals surface area contributed by atoms with Crippen LogP contribution in [0.25, 0.3) is 22.7 Å². The zero-order valence-electron chi connectivity index (χ0n) is 13.7. The molecule has 4 heterocycles. The van der Waals surface area contributed by atoms with Crippen LogP contribution in [0.3, 0.4) is 0 Å². The number of pyridine rings is 1. The quantitative estimate of drug-likeness (QED) is 0.733. The fraction of sp³-hybridized carbons (Fsp3) is 0.444. The molecule has 1 fully saturated rings. The van der Waals surface area contributed by atoms with E-state index in [1.165, 1.54) is 12.8 Å². The summed E-state index contributed by atoms with van der Waals surface area (Å²) in [5.41, 5.74) is 1.88. The Morgan fingerprint density at radius 1 is 1.26 bits per heavy atom. The van der Waals surface area contributed by atoms with E-state index in [0.29, 0.717) is 6.17 Å². The van der Waals surface area contributed by atoms with Gasteiger partial charge in [-0.25, -0.2) is 9.97 Å². The van der Waals surface area contributed by atoms with Gasteiger partial charge in [-0.3, -0.25) is 9.47 Å². The highest BCUT2D eigenvalue weighted by Gasteiger charge is 2.28. The molecule has 1 unspecified atom stereocenters. The largest absolute Gasteiger partial charge is 0.458 e. The molecule has 0 aliphatic carbocycles. The van der Waals surface area contributed by atoms with E-state index in [0.717, 1.165) is 48.0 Å². The minimum Gasteiger partial charge on any atom is -0.458 e. The van der Waals surface area contributed by atoms with Crippen molar-refractivity contribution < 1.29 is 4.42 Å². The third-order valence-electron chi connectivity index (χ3n) is 4.69. The number of aryl methyl sites for hydroxylation is 1. The van der Waals surface area contributed by atoms with Crippen LogP contribution in [0.1, 0.15) is 38.1 Å². The Kier molecular flexibility index (Phi) is 3.65. The molecular formula is C18H22N4O. The summed E-state index contributed by atoms with van der Waals surface area (Å²) >= 11 is 0. The number of fused-ring (bicyclic) bond motifs is 1. The fourth-order valence-electron chi connectivity index (χ4n) is 3.58. The zero-order chi connectivity index (χ0) is 15.8. The van der Waals surface area contributed by atoms with Gasteiger partial charge in [-0.2, -0.15) is 0 Å². The van der Waals surface area contributed by atoms with Crippen LogP contribution < -0.4 is 0 Å². The third-order valence-corrected chi connectivity index (χ3v) is 4.69. The van der Waals surface area contributed by atoms with Crippen LogP contribution >= 0.6 is 0 Å². The number of imidazole rings is 1. The van der Waals surface area contributed by atoms with Gasteiger partial charge >= 0.3 is 0 Å². The summed E-state index contributed by atoms with van der Waals surface area (Å²) < 4.78 is 8.14. The summed E-state index contributed by atoms with van der Waals surface area (Å²) in [4.78, 5) is 11.9. The van der Waals surface area contributed by atoms with E-state index in [1.54, 1.807) is 0 Å². The maximum absolute atomic E-state index is 5.87. The van der Waals surface area contributed by atoms with Gasteiger partial charge in [0.15, 0.2) is 17.2 Å². The van der Waals surface area contributed by atoms with Gasteiger partial charge in [-0.15, -0.1) is 0 Å². The van der Waals surface area contributed by atoms with Gasteiger partial charge in [-0.1, -0.05) is 6.92 Å². The highest BCUT2D eigenvalue weighted by Crippen LogP contribution is 2.34. The predicted octanol–water partition coefficient (Wildman–Crippen LogP) is 4.00. The lowest BCUT2D eigenvalue weighted by Crippen LogP contribution is -2.37. The van der Waals surface area contributed by atoms with Crippen molar-refractivity contribution >= 4 is 11.2 Å². The Bertz CT molecular complexity index is 819. The highest BCUT2D eigenvalue weighted by atomic mass is 16.3. The topological polar surface area (TPSA) is 47.1 Å². The number of likely N-dealkylation sites (tertiary alicyclic amines) is 1. The van der Waals surface area contributed by atoms with Gasteiger partial charge < -0.3 is 4.42 Å². The normalized spacial score (nSPS) is 19.5. The Morgan fingerprint density at radius 3 is 2.96 bits per heavy atom. The second kappa shape index (κ2) is 5.81. The Morgan fingerprint density at radius 2 is 2.17 bits per heavy atom. The van der Waals surface area contributed by atoms with Crippen molar-refractivity contribution in [3.05, 3.63) is 36.2 Å². The molecule has 1 saturated heterocycles. The van der Waals surface area contributed by atoms with Crippen LogP contribution in [0.15, 0.2) is 34.9 Å². The van der Waals surface area contributed by atoms with Gasteiger partial charge in [0.1, 0.15) is 11.3 Å². The first-order chi connectivity index (χ1) is 11.3. The number of furan rings is 1. The van der Waals surface area contributed by atoms with E-state index in [9.17, 15) is 0 Å². The van der Waals surface area contributed by atoms with Crippen LogP contribution in [-0.2, 0) is 0 Å². The van der Waals surface area contributed by atoms with E-state index in [-0.39, 0.29) is 0 Å². The molecule has 0 radical (unpaired) electrons. The summed E-state index contributed by atoms with van der Waals surface area (Å²) in [6.07, 6.45) is 5.78. The Balaban J connectivity index is 1.92. The SMILES string of the molecule is CCN1CCCCC1n1c(-c2ccc(C)o2)nc2cccnc21. The minimum atomic E-state index is 0.300.